The molecule has 1 aliphatic heterocycles. The first-order chi connectivity index (χ1) is 8.09. The number of aromatic carboxylic acids is 1. The number of nitrogen functional groups attached to an aromatic ring is 1. The van der Waals surface area contributed by atoms with Gasteiger partial charge in [0.25, 0.3) is 0 Å². The number of carbonyl (C=O) groups excluding carboxylic acids is 1. The SMILES string of the molecule is Nc1ccc(N2CCCCC2=O)c(C(=O)O)c1. The number of amides is 1. The summed E-state index contributed by atoms with van der Waals surface area (Å²) < 4.78 is 0. The van der Waals surface area contributed by atoms with Crippen LogP contribution in [0.25, 0.3) is 0 Å². The van der Waals surface area contributed by atoms with Gasteiger partial charge >= 0.3 is 5.97 Å². The molecule has 0 saturated carbocycles. The first-order valence-electron chi connectivity index (χ1n) is 5.53. The average molecular weight is 234 g/mol. The van der Waals surface area contributed by atoms with E-state index < -0.39 is 5.97 Å². The normalized spacial score (nSPS) is 16.0. The van der Waals surface area contributed by atoms with Crippen molar-refractivity contribution in [2.24, 2.45) is 0 Å². The third-order valence-corrected chi connectivity index (χ3v) is 2.87. The fourth-order valence-corrected chi connectivity index (χ4v) is 2.02. The molecular formula is C12H14N2O3. The molecule has 0 atom stereocenters. The Kier molecular flexibility index (Phi) is 2.99. The van der Waals surface area contributed by atoms with Crippen LogP contribution in [0.15, 0.2) is 18.2 Å². The van der Waals surface area contributed by atoms with Crippen LogP contribution in [-0.4, -0.2) is 23.5 Å². The zero-order valence-electron chi connectivity index (χ0n) is 9.35. The topological polar surface area (TPSA) is 83.6 Å². The zero-order valence-corrected chi connectivity index (χ0v) is 9.35. The Balaban J connectivity index is 2.43. The van der Waals surface area contributed by atoms with Gasteiger partial charge in [0, 0.05) is 18.7 Å². The Bertz CT molecular complexity index is 471. The minimum Gasteiger partial charge on any atom is -0.478 e. The maximum absolute atomic E-state index is 11.8. The Morgan fingerprint density at radius 2 is 2.12 bits per heavy atom. The summed E-state index contributed by atoms with van der Waals surface area (Å²) in [5.74, 6) is -1.09. The van der Waals surface area contributed by atoms with Crippen LogP contribution in [0.1, 0.15) is 29.6 Å². The minimum absolute atomic E-state index is 0.0245. The molecule has 5 heteroatoms. The lowest BCUT2D eigenvalue weighted by Gasteiger charge is -2.28. The second-order valence-corrected chi connectivity index (χ2v) is 4.08. The Hall–Kier alpha value is -2.04. The van der Waals surface area contributed by atoms with Crippen molar-refractivity contribution in [1.29, 1.82) is 0 Å². The van der Waals surface area contributed by atoms with E-state index in [-0.39, 0.29) is 11.5 Å². The fourth-order valence-electron chi connectivity index (χ4n) is 2.02. The van der Waals surface area contributed by atoms with Crippen molar-refractivity contribution < 1.29 is 14.7 Å². The van der Waals surface area contributed by atoms with Gasteiger partial charge in [-0.25, -0.2) is 4.79 Å². The van der Waals surface area contributed by atoms with E-state index in [1.54, 1.807) is 12.1 Å². The van der Waals surface area contributed by atoms with Crippen molar-refractivity contribution in [3.05, 3.63) is 23.8 Å². The van der Waals surface area contributed by atoms with Gasteiger partial charge in [-0.1, -0.05) is 0 Å². The molecule has 90 valence electrons. The Labute approximate surface area is 98.8 Å². The summed E-state index contributed by atoms with van der Waals surface area (Å²) in [7, 11) is 0. The van der Waals surface area contributed by atoms with Crippen molar-refractivity contribution in [2.45, 2.75) is 19.3 Å². The van der Waals surface area contributed by atoms with Gasteiger partial charge in [-0.3, -0.25) is 4.79 Å². The summed E-state index contributed by atoms with van der Waals surface area (Å²) in [6.45, 7) is 0.572. The van der Waals surface area contributed by atoms with Crippen LogP contribution < -0.4 is 10.6 Å². The lowest BCUT2D eigenvalue weighted by molar-refractivity contribution is -0.119. The molecule has 1 fully saturated rings. The lowest BCUT2D eigenvalue weighted by Crippen LogP contribution is -2.36. The number of nitrogens with zero attached hydrogens (tertiary/aromatic N) is 1. The third-order valence-electron chi connectivity index (χ3n) is 2.87. The molecule has 0 aromatic heterocycles. The molecule has 1 aromatic carbocycles. The van der Waals surface area contributed by atoms with Gasteiger partial charge in [-0.15, -0.1) is 0 Å². The van der Waals surface area contributed by atoms with Crippen molar-refractivity contribution in [1.82, 2.24) is 0 Å². The zero-order chi connectivity index (χ0) is 12.4. The maximum Gasteiger partial charge on any atom is 0.337 e. The number of hydrogen-bond donors (Lipinski definition) is 2. The highest BCUT2D eigenvalue weighted by Crippen LogP contribution is 2.26. The highest BCUT2D eigenvalue weighted by molar-refractivity contribution is 6.02. The van der Waals surface area contributed by atoms with Gasteiger partial charge < -0.3 is 15.7 Å². The van der Waals surface area contributed by atoms with Gasteiger partial charge in [-0.05, 0) is 31.0 Å². The second kappa shape index (κ2) is 4.45. The van der Waals surface area contributed by atoms with Crippen LogP contribution in [0.3, 0.4) is 0 Å². The van der Waals surface area contributed by atoms with Crippen LogP contribution in [0, 0.1) is 0 Å². The highest BCUT2D eigenvalue weighted by Gasteiger charge is 2.23. The second-order valence-electron chi connectivity index (χ2n) is 4.08. The van der Waals surface area contributed by atoms with Gasteiger partial charge in [0.1, 0.15) is 0 Å². The molecule has 1 amide bonds. The van der Waals surface area contributed by atoms with Crippen molar-refractivity contribution in [2.75, 3.05) is 17.2 Å². The molecule has 3 N–H and O–H groups in total. The summed E-state index contributed by atoms with van der Waals surface area (Å²) in [5.41, 5.74) is 6.47. The summed E-state index contributed by atoms with van der Waals surface area (Å²) in [6, 6.07) is 4.60. The molecule has 0 spiro atoms. The van der Waals surface area contributed by atoms with Gasteiger partial charge in [0.15, 0.2) is 0 Å². The summed E-state index contributed by atoms with van der Waals surface area (Å²) >= 11 is 0. The van der Waals surface area contributed by atoms with Crippen LogP contribution in [0.5, 0.6) is 0 Å². The standard InChI is InChI=1S/C12H14N2O3/c13-8-4-5-10(9(7-8)12(16)17)14-6-2-1-3-11(14)15/h4-5,7H,1-3,6,13H2,(H,16,17). The van der Waals surface area contributed by atoms with Crippen molar-refractivity contribution in [3.63, 3.8) is 0 Å². The molecule has 1 heterocycles. The number of piperidine rings is 1. The molecule has 0 unspecified atom stereocenters. The molecule has 5 nitrogen and oxygen atoms in total. The Morgan fingerprint density at radius 1 is 1.35 bits per heavy atom. The third kappa shape index (κ3) is 2.22. The average Bonchev–Trinajstić information content (AvgIpc) is 2.30. The largest absolute Gasteiger partial charge is 0.478 e. The molecule has 1 saturated heterocycles. The summed E-state index contributed by atoms with van der Waals surface area (Å²) in [4.78, 5) is 24.4. The molecule has 0 aliphatic carbocycles. The van der Waals surface area contributed by atoms with E-state index in [0.29, 0.717) is 24.3 Å². The van der Waals surface area contributed by atoms with E-state index in [1.807, 2.05) is 0 Å². The van der Waals surface area contributed by atoms with Crippen LogP contribution >= 0.6 is 0 Å². The molecule has 1 aliphatic rings. The molecule has 2 rings (SSSR count). The molecule has 1 aromatic rings. The van der Waals surface area contributed by atoms with E-state index in [2.05, 4.69) is 0 Å². The minimum atomic E-state index is -1.06. The number of rotatable bonds is 2. The number of nitrogens with two attached hydrogens (primary N) is 1. The fraction of sp³-hybridized carbons (Fsp3) is 0.333. The number of carboxylic acids is 1. The molecule has 0 bridgehead atoms. The molecule has 0 radical (unpaired) electrons. The van der Waals surface area contributed by atoms with E-state index in [0.717, 1.165) is 12.8 Å². The quantitative estimate of drug-likeness (QED) is 0.759. The van der Waals surface area contributed by atoms with Crippen molar-refractivity contribution in [3.8, 4) is 0 Å². The molecule has 17 heavy (non-hydrogen) atoms. The maximum atomic E-state index is 11.8. The summed E-state index contributed by atoms with van der Waals surface area (Å²) in [5, 5.41) is 9.11. The number of anilines is 2. The number of carbonyl (C=O) groups is 2. The van der Waals surface area contributed by atoms with Gasteiger partial charge in [0.05, 0.1) is 11.3 Å². The number of carboxylic acid groups (broad SMARTS) is 1. The van der Waals surface area contributed by atoms with E-state index in [1.165, 1.54) is 11.0 Å². The van der Waals surface area contributed by atoms with E-state index >= 15 is 0 Å². The first-order valence-corrected chi connectivity index (χ1v) is 5.53. The number of hydrogen-bond acceptors (Lipinski definition) is 3. The smallest absolute Gasteiger partial charge is 0.337 e. The van der Waals surface area contributed by atoms with Crippen LogP contribution in [0.2, 0.25) is 0 Å². The monoisotopic (exact) mass is 234 g/mol. The van der Waals surface area contributed by atoms with Crippen LogP contribution in [0.4, 0.5) is 11.4 Å². The number of benzene rings is 1. The van der Waals surface area contributed by atoms with Crippen molar-refractivity contribution >= 4 is 23.3 Å². The summed E-state index contributed by atoms with van der Waals surface area (Å²) in [6.07, 6.45) is 2.24. The van der Waals surface area contributed by atoms with Gasteiger partial charge in [0.2, 0.25) is 5.91 Å². The van der Waals surface area contributed by atoms with E-state index in [9.17, 15) is 9.59 Å². The predicted molar refractivity (Wildman–Crippen MR) is 64.0 cm³/mol. The predicted octanol–water partition coefficient (Wildman–Crippen LogP) is 1.48. The Morgan fingerprint density at radius 3 is 2.76 bits per heavy atom. The van der Waals surface area contributed by atoms with Gasteiger partial charge in [-0.2, -0.15) is 0 Å². The highest BCUT2D eigenvalue weighted by atomic mass is 16.4. The van der Waals surface area contributed by atoms with Crippen LogP contribution in [-0.2, 0) is 4.79 Å². The first kappa shape index (κ1) is 11.4. The van der Waals surface area contributed by atoms with E-state index in [4.69, 9.17) is 10.8 Å². The molecular weight excluding hydrogens is 220 g/mol. The lowest BCUT2D eigenvalue weighted by atomic mass is 10.1.